The second kappa shape index (κ2) is 7.62. The number of allylic oxidation sites excluding steroid dienone is 1. The molecule has 0 heterocycles. The molecule has 0 aliphatic heterocycles. The van der Waals surface area contributed by atoms with Crippen molar-refractivity contribution in [2.45, 2.75) is 115 Å². The van der Waals surface area contributed by atoms with E-state index in [2.05, 4.69) is 6.92 Å². The maximum absolute atomic E-state index is 12.9. The van der Waals surface area contributed by atoms with Crippen molar-refractivity contribution in [3.05, 3.63) is 23.3 Å². The van der Waals surface area contributed by atoms with Crippen molar-refractivity contribution in [2.24, 2.45) is 16.7 Å². The Kier molecular flexibility index (Phi) is 5.74. The monoisotopic (exact) mass is 464 g/mol. The van der Waals surface area contributed by atoms with Crippen molar-refractivity contribution in [1.82, 2.24) is 0 Å². The van der Waals surface area contributed by atoms with Crippen LogP contribution >= 0.6 is 0 Å². The van der Waals surface area contributed by atoms with Gasteiger partial charge in [-0.05, 0) is 71.1 Å². The molecule has 4 rings (SSSR count). The summed E-state index contributed by atoms with van der Waals surface area (Å²) in [7, 11) is 0. The maximum Gasteiger partial charge on any atom is 0.333 e. The van der Waals surface area contributed by atoms with Gasteiger partial charge in [0.15, 0.2) is 0 Å². The zero-order valence-corrected chi connectivity index (χ0v) is 20.5. The lowest BCUT2D eigenvalue weighted by molar-refractivity contribution is -0.326. The lowest BCUT2D eigenvalue weighted by atomic mass is 9.42. The average molecular weight is 465 g/mol. The summed E-state index contributed by atoms with van der Waals surface area (Å²) in [5.41, 5.74) is -5.58. The summed E-state index contributed by atoms with van der Waals surface area (Å²) in [6, 6.07) is 0. The number of hydrogen-bond acceptors (Lipinski definition) is 7. The molecule has 0 radical (unpaired) electrons. The molecule has 9 atom stereocenters. The summed E-state index contributed by atoms with van der Waals surface area (Å²) in [4.78, 5) is 12.9. The summed E-state index contributed by atoms with van der Waals surface area (Å²) in [5, 5.41) is 57.3. The number of rotatable bonds is 3. The Labute approximate surface area is 196 Å². The van der Waals surface area contributed by atoms with Crippen molar-refractivity contribution in [3.63, 3.8) is 0 Å². The van der Waals surface area contributed by atoms with Gasteiger partial charge in [-0.2, -0.15) is 0 Å². The van der Waals surface area contributed by atoms with Crippen LogP contribution in [0.3, 0.4) is 0 Å². The Morgan fingerprint density at radius 3 is 2.48 bits per heavy atom. The molecule has 7 heteroatoms. The molecule has 7 nitrogen and oxygen atoms in total. The molecule has 186 valence electrons. The first-order valence-electron chi connectivity index (χ1n) is 12.3. The highest BCUT2D eigenvalue weighted by molar-refractivity contribution is 5.87. The van der Waals surface area contributed by atoms with Crippen molar-refractivity contribution >= 4 is 5.97 Å². The highest BCUT2D eigenvalue weighted by Gasteiger charge is 2.81. The minimum absolute atomic E-state index is 0.0787. The van der Waals surface area contributed by atoms with Crippen LogP contribution in [0.25, 0.3) is 0 Å². The minimum atomic E-state index is -1.79. The lowest BCUT2D eigenvalue weighted by Crippen LogP contribution is -2.78. The Balaban J connectivity index is 1.88. The number of aliphatic hydroxyl groups is 5. The molecule has 33 heavy (non-hydrogen) atoms. The van der Waals surface area contributed by atoms with Crippen LogP contribution in [0.15, 0.2) is 23.3 Å². The SMILES string of the molecule is CC=C(C)C(=O)OC1CC2C3(C)CCC(O)CC3=CCC2(O)C2(O)CCC(O)(C(C)O)C12C. The van der Waals surface area contributed by atoms with Gasteiger partial charge in [-0.1, -0.05) is 31.6 Å². The first-order chi connectivity index (χ1) is 15.2. The predicted molar refractivity (Wildman–Crippen MR) is 122 cm³/mol. The molecule has 3 saturated carbocycles. The maximum atomic E-state index is 12.9. The van der Waals surface area contributed by atoms with Crippen LogP contribution in [-0.2, 0) is 9.53 Å². The van der Waals surface area contributed by atoms with Crippen molar-refractivity contribution in [1.29, 1.82) is 0 Å². The molecular formula is C26H40O7. The third-order valence-electron chi connectivity index (χ3n) is 10.3. The van der Waals surface area contributed by atoms with E-state index in [1.807, 2.05) is 6.08 Å². The van der Waals surface area contributed by atoms with E-state index in [-0.39, 0.29) is 25.7 Å². The molecule has 9 unspecified atom stereocenters. The fourth-order valence-electron chi connectivity index (χ4n) is 7.85. The smallest absolute Gasteiger partial charge is 0.333 e. The van der Waals surface area contributed by atoms with Gasteiger partial charge in [-0.15, -0.1) is 0 Å². The van der Waals surface area contributed by atoms with Gasteiger partial charge in [0.25, 0.3) is 0 Å². The summed E-state index contributed by atoms with van der Waals surface area (Å²) in [6.07, 6.45) is 3.42. The fourth-order valence-corrected chi connectivity index (χ4v) is 7.85. The number of carbonyl (C=O) groups is 1. The van der Waals surface area contributed by atoms with Crippen LogP contribution in [-0.4, -0.2) is 66.6 Å². The molecule has 0 saturated heterocycles. The van der Waals surface area contributed by atoms with E-state index < -0.39 is 57.8 Å². The second-order valence-electron chi connectivity index (χ2n) is 11.5. The number of esters is 1. The number of carbonyl (C=O) groups excluding carboxylic acids is 1. The van der Waals surface area contributed by atoms with Gasteiger partial charge in [0.1, 0.15) is 22.9 Å². The molecule has 0 aromatic carbocycles. The van der Waals surface area contributed by atoms with Crippen molar-refractivity contribution < 1.29 is 35.1 Å². The summed E-state index contributed by atoms with van der Waals surface area (Å²) in [6.45, 7) is 8.58. The number of aliphatic hydroxyl groups excluding tert-OH is 2. The van der Waals surface area contributed by atoms with Gasteiger partial charge in [0.2, 0.25) is 0 Å². The molecule has 0 spiro atoms. The molecule has 5 N–H and O–H groups in total. The van der Waals surface area contributed by atoms with E-state index in [0.29, 0.717) is 24.8 Å². The highest BCUT2D eigenvalue weighted by atomic mass is 16.5. The third kappa shape index (κ3) is 2.95. The topological polar surface area (TPSA) is 127 Å². The normalized spacial score (nSPS) is 50.5. The molecule has 0 amide bonds. The molecule has 4 aliphatic carbocycles. The summed E-state index contributed by atoms with van der Waals surface area (Å²) < 4.78 is 5.99. The molecule has 0 aromatic heterocycles. The van der Waals surface area contributed by atoms with Crippen LogP contribution in [0.1, 0.15) is 79.6 Å². The first-order valence-corrected chi connectivity index (χ1v) is 12.3. The van der Waals surface area contributed by atoms with Crippen LogP contribution < -0.4 is 0 Å². The number of hydrogen-bond donors (Lipinski definition) is 5. The first kappa shape index (κ1) is 24.9. The van der Waals surface area contributed by atoms with Gasteiger partial charge in [0, 0.05) is 11.5 Å². The zero-order chi connectivity index (χ0) is 24.6. The quantitative estimate of drug-likeness (QED) is 0.246. The number of fused-ring (bicyclic) bond motifs is 5. The minimum Gasteiger partial charge on any atom is -0.458 e. The van der Waals surface area contributed by atoms with Crippen LogP contribution in [0, 0.1) is 16.7 Å². The standard InChI is InChI=1S/C26H40O7/c1-6-15(2)21(29)33-20-14-19-22(4)9-8-18(28)13-17(22)7-10-25(19,31)26(32)12-11-24(30,16(3)27)23(20,26)5/h6-7,16,18-20,27-28,30-32H,8-14H2,1-5H3. The molecule has 4 aliphatic rings. The van der Waals surface area contributed by atoms with E-state index in [1.54, 1.807) is 26.8 Å². The fraction of sp³-hybridized carbons (Fsp3) is 0.808. The second-order valence-corrected chi connectivity index (χ2v) is 11.5. The van der Waals surface area contributed by atoms with E-state index in [0.717, 1.165) is 5.57 Å². The third-order valence-corrected chi connectivity index (χ3v) is 10.3. The van der Waals surface area contributed by atoms with E-state index in [4.69, 9.17) is 4.74 Å². The van der Waals surface area contributed by atoms with Crippen LogP contribution in [0.5, 0.6) is 0 Å². The van der Waals surface area contributed by atoms with Gasteiger partial charge in [0.05, 0.1) is 17.6 Å². The van der Waals surface area contributed by atoms with E-state index in [9.17, 15) is 30.3 Å². The van der Waals surface area contributed by atoms with Gasteiger partial charge in [-0.25, -0.2) is 4.79 Å². The Bertz CT molecular complexity index is 895. The molecular weight excluding hydrogens is 424 g/mol. The van der Waals surface area contributed by atoms with Crippen LogP contribution in [0.4, 0.5) is 0 Å². The Morgan fingerprint density at radius 2 is 1.88 bits per heavy atom. The van der Waals surface area contributed by atoms with E-state index >= 15 is 0 Å². The summed E-state index contributed by atoms with van der Waals surface area (Å²) in [5.74, 6) is -0.970. The average Bonchev–Trinajstić information content (AvgIpc) is 2.99. The van der Waals surface area contributed by atoms with Crippen LogP contribution in [0.2, 0.25) is 0 Å². The summed E-state index contributed by atoms with van der Waals surface area (Å²) >= 11 is 0. The lowest BCUT2D eigenvalue weighted by Gasteiger charge is -2.67. The predicted octanol–water partition coefficient (Wildman–Crippen LogP) is 2.14. The Hall–Kier alpha value is -1.25. The van der Waals surface area contributed by atoms with Crippen molar-refractivity contribution in [3.8, 4) is 0 Å². The molecule has 3 fully saturated rings. The van der Waals surface area contributed by atoms with Gasteiger partial charge < -0.3 is 30.3 Å². The van der Waals surface area contributed by atoms with Gasteiger partial charge >= 0.3 is 5.97 Å². The zero-order valence-electron chi connectivity index (χ0n) is 20.5. The molecule has 0 bridgehead atoms. The number of ether oxygens (including phenoxy) is 1. The Morgan fingerprint density at radius 1 is 1.21 bits per heavy atom. The highest BCUT2D eigenvalue weighted by Crippen LogP contribution is 2.71. The van der Waals surface area contributed by atoms with E-state index in [1.165, 1.54) is 6.92 Å². The van der Waals surface area contributed by atoms with Gasteiger partial charge in [-0.3, -0.25) is 0 Å². The van der Waals surface area contributed by atoms with Crippen molar-refractivity contribution in [2.75, 3.05) is 0 Å². The largest absolute Gasteiger partial charge is 0.458 e. The molecule has 0 aromatic rings.